The van der Waals surface area contributed by atoms with Gasteiger partial charge in [0.15, 0.2) is 0 Å². The molecule has 0 N–H and O–H groups in total. The number of hydrogen-bond donors (Lipinski definition) is 0. The smallest absolute Gasteiger partial charge is 0.243 e. The molecule has 0 atom stereocenters. The van der Waals surface area contributed by atoms with Gasteiger partial charge in [-0.05, 0) is 74.2 Å². The number of piperazine rings is 1. The van der Waals surface area contributed by atoms with Gasteiger partial charge in [0.05, 0.1) is 16.3 Å². The third-order valence-electron chi connectivity index (χ3n) is 7.57. The standard InChI is InChI=1S/C29H33N3O3S2/c1-20-19-21(2)23(4)29(22(20)3)37(34,35)31-17-15-30(16-18-31)28(33)13-14-32-24-9-5-7-11-26(24)36-27-12-8-6-10-25(27)32/h5-12,19H,13-18H2,1-4H3. The lowest BCUT2D eigenvalue weighted by Gasteiger charge is -2.36. The van der Waals surface area contributed by atoms with Gasteiger partial charge in [-0.1, -0.05) is 42.1 Å². The normalized spacial score (nSPS) is 15.9. The molecule has 0 bridgehead atoms. The van der Waals surface area contributed by atoms with Crippen molar-refractivity contribution in [1.29, 1.82) is 0 Å². The Kier molecular flexibility index (Phi) is 7.09. The Hall–Kier alpha value is -2.81. The highest BCUT2D eigenvalue weighted by Gasteiger charge is 2.33. The summed E-state index contributed by atoms with van der Waals surface area (Å²) in [5.41, 5.74) is 5.82. The maximum Gasteiger partial charge on any atom is 0.243 e. The summed E-state index contributed by atoms with van der Waals surface area (Å²) in [5.74, 6) is 0.0593. The van der Waals surface area contributed by atoms with Crippen LogP contribution in [-0.4, -0.2) is 56.3 Å². The van der Waals surface area contributed by atoms with Crippen LogP contribution in [-0.2, 0) is 14.8 Å². The van der Waals surface area contributed by atoms with Gasteiger partial charge in [-0.3, -0.25) is 4.79 Å². The highest BCUT2D eigenvalue weighted by Crippen LogP contribution is 2.47. The quantitative estimate of drug-likeness (QED) is 0.435. The number of benzene rings is 3. The number of hydrogen-bond acceptors (Lipinski definition) is 5. The van der Waals surface area contributed by atoms with Crippen LogP contribution >= 0.6 is 11.8 Å². The van der Waals surface area contributed by atoms with Gasteiger partial charge < -0.3 is 9.80 Å². The minimum absolute atomic E-state index is 0.0593. The van der Waals surface area contributed by atoms with Gasteiger partial charge in [0.2, 0.25) is 15.9 Å². The van der Waals surface area contributed by atoms with Gasteiger partial charge in [-0.25, -0.2) is 8.42 Å². The highest BCUT2D eigenvalue weighted by molar-refractivity contribution is 7.99. The summed E-state index contributed by atoms with van der Waals surface area (Å²) < 4.78 is 28.7. The molecule has 3 aromatic carbocycles. The Morgan fingerprint density at radius 2 is 1.32 bits per heavy atom. The Balaban J connectivity index is 1.26. The SMILES string of the molecule is Cc1cc(C)c(C)c(S(=O)(=O)N2CCN(C(=O)CCN3c4ccccc4Sc4ccccc43)CC2)c1C. The van der Waals surface area contributed by atoms with Crippen LogP contribution in [0.25, 0.3) is 0 Å². The average Bonchev–Trinajstić information content (AvgIpc) is 2.90. The molecular weight excluding hydrogens is 502 g/mol. The first-order chi connectivity index (χ1) is 17.7. The number of para-hydroxylation sites is 2. The van der Waals surface area contributed by atoms with Crippen molar-refractivity contribution in [1.82, 2.24) is 9.21 Å². The van der Waals surface area contributed by atoms with E-state index in [-0.39, 0.29) is 5.91 Å². The zero-order chi connectivity index (χ0) is 26.3. The van der Waals surface area contributed by atoms with Crippen molar-refractivity contribution in [2.45, 2.75) is 48.8 Å². The minimum atomic E-state index is -3.63. The van der Waals surface area contributed by atoms with Crippen LogP contribution in [0.2, 0.25) is 0 Å². The van der Waals surface area contributed by atoms with Crippen LogP contribution in [0, 0.1) is 27.7 Å². The van der Waals surface area contributed by atoms with Crippen molar-refractivity contribution < 1.29 is 13.2 Å². The molecule has 2 aliphatic rings. The highest BCUT2D eigenvalue weighted by atomic mass is 32.2. The van der Waals surface area contributed by atoms with Crippen LogP contribution in [0.5, 0.6) is 0 Å². The van der Waals surface area contributed by atoms with Crippen LogP contribution in [0.4, 0.5) is 11.4 Å². The molecule has 0 radical (unpaired) electrons. The van der Waals surface area contributed by atoms with Gasteiger partial charge in [0, 0.05) is 48.9 Å². The Labute approximate surface area is 224 Å². The molecule has 194 valence electrons. The zero-order valence-corrected chi connectivity index (χ0v) is 23.5. The summed E-state index contributed by atoms with van der Waals surface area (Å²) in [4.78, 5) is 20.0. The van der Waals surface area contributed by atoms with Crippen LogP contribution in [0.1, 0.15) is 28.7 Å². The van der Waals surface area contributed by atoms with Gasteiger partial charge in [-0.15, -0.1) is 0 Å². The van der Waals surface area contributed by atoms with Crippen LogP contribution < -0.4 is 4.90 Å². The van der Waals surface area contributed by atoms with Gasteiger partial charge in [0.1, 0.15) is 0 Å². The fourth-order valence-electron chi connectivity index (χ4n) is 5.26. The van der Waals surface area contributed by atoms with Crippen molar-refractivity contribution in [2.75, 3.05) is 37.6 Å². The number of amides is 1. The van der Waals surface area contributed by atoms with Crippen molar-refractivity contribution in [2.24, 2.45) is 0 Å². The van der Waals surface area contributed by atoms with E-state index in [0.717, 1.165) is 33.6 Å². The van der Waals surface area contributed by atoms with E-state index in [1.54, 1.807) is 16.1 Å². The van der Waals surface area contributed by atoms with E-state index in [4.69, 9.17) is 0 Å². The first-order valence-corrected chi connectivity index (χ1v) is 14.9. The first-order valence-electron chi connectivity index (χ1n) is 12.7. The average molecular weight is 536 g/mol. The molecular formula is C29H33N3O3S2. The number of aryl methyl sites for hydroxylation is 2. The number of fused-ring (bicyclic) bond motifs is 2. The molecule has 1 saturated heterocycles. The topological polar surface area (TPSA) is 60.9 Å². The fraction of sp³-hybridized carbons (Fsp3) is 0.345. The summed E-state index contributed by atoms with van der Waals surface area (Å²) in [5, 5.41) is 0. The lowest BCUT2D eigenvalue weighted by molar-refractivity contribution is -0.132. The molecule has 8 heteroatoms. The predicted molar refractivity (Wildman–Crippen MR) is 149 cm³/mol. The van der Waals surface area contributed by atoms with E-state index in [2.05, 4.69) is 29.2 Å². The fourth-order valence-corrected chi connectivity index (χ4v) is 8.36. The van der Waals surface area contributed by atoms with E-state index in [1.807, 2.05) is 62.9 Å². The lowest BCUT2D eigenvalue weighted by Crippen LogP contribution is -2.51. The molecule has 2 aliphatic heterocycles. The number of carbonyl (C=O) groups excluding carboxylic acids is 1. The Morgan fingerprint density at radius 3 is 1.86 bits per heavy atom. The zero-order valence-electron chi connectivity index (χ0n) is 21.8. The van der Waals surface area contributed by atoms with Gasteiger partial charge in [0.25, 0.3) is 0 Å². The van der Waals surface area contributed by atoms with Crippen molar-refractivity contribution in [3.05, 3.63) is 76.9 Å². The maximum atomic E-state index is 13.6. The van der Waals surface area contributed by atoms with Crippen LogP contribution in [0.3, 0.4) is 0 Å². The van der Waals surface area contributed by atoms with Gasteiger partial charge >= 0.3 is 0 Å². The second kappa shape index (κ2) is 10.2. The third kappa shape index (κ3) is 4.78. The third-order valence-corrected chi connectivity index (χ3v) is 10.9. The number of rotatable bonds is 5. The summed E-state index contributed by atoms with van der Waals surface area (Å²) in [6.07, 6.45) is 0.370. The minimum Gasteiger partial charge on any atom is -0.340 e. The van der Waals surface area contributed by atoms with Crippen molar-refractivity contribution >= 4 is 39.1 Å². The maximum absolute atomic E-state index is 13.6. The molecule has 6 nitrogen and oxygen atoms in total. The van der Waals surface area contributed by atoms with Crippen molar-refractivity contribution in [3.63, 3.8) is 0 Å². The summed E-state index contributed by atoms with van der Waals surface area (Å²) in [6, 6.07) is 18.6. The number of nitrogens with zero attached hydrogens (tertiary/aromatic N) is 3. The molecule has 0 aromatic heterocycles. The number of carbonyl (C=O) groups is 1. The first kappa shape index (κ1) is 25.8. The summed E-state index contributed by atoms with van der Waals surface area (Å²) in [6.45, 7) is 9.68. The van der Waals surface area contributed by atoms with E-state index in [9.17, 15) is 13.2 Å². The molecule has 1 fully saturated rings. The largest absolute Gasteiger partial charge is 0.340 e. The molecule has 0 aliphatic carbocycles. The Morgan fingerprint density at radius 1 is 0.811 bits per heavy atom. The lowest BCUT2D eigenvalue weighted by atomic mass is 10.0. The molecule has 0 saturated carbocycles. The molecule has 0 spiro atoms. The number of sulfonamides is 1. The molecule has 1 amide bonds. The van der Waals surface area contributed by atoms with E-state index in [0.29, 0.717) is 44.0 Å². The van der Waals surface area contributed by atoms with Gasteiger partial charge in [-0.2, -0.15) is 4.31 Å². The predicted octanol–water partition coefficient (Wildman–Crippen LogP) is 5.45. The molecule has 2 heterocycles. The molecule has 5 rings (SSSR count). The van der Waals surface area contributed by atoms with Crippen molar-refractivity contribution in [3.8, 4) is 0 Å². The molecule has 0 unspecified atom stereocenters. The molecule has 3 aromatic rings. The van der Waals surface area contributed by atoms with E-state index >= 15 is 0 Å². The second-order valence-electron chi connectivity index (χ2n) is 9.81. The van der Waals surface area contributed by atoms with E-state index < -0.39 is 10.0 Å². The number of anilines is 2. The summed E-state index contributed by atoms with van der Waals surface area (Å²) in [7, 11) is -3.63. The summed E-state index contributed by atoms with van der Waals surface area (Å²) >= 11 is 1.75. The Bertz CT molecular complexity index is 1390. The van der Waals surface area contributed by atoms with Crippen LogP contribution in [0.15, 0.2) is 69.3 Å². The molecule has 37 heavy (non-hydrogen) atoms. The monoisotopic (exact) mass is 535 g/mol. The second-order valence-corrected chi connectivity index (χ2v) is 12.8. The van der Waals surface area contributed by atoms with E-state index in [1.165, 1.54) is 9.79 Å².